The molecule has 0 saturated carbocycles. The van der Waals surface area contributed by atoms with Gasteiger partial charge in [-0.15, -0.1) is 0 Å². The number of H-pyrrole nitrogens is 1. The number of fused-ring (bicyclic) bond motifs is 1. The van der Waals surface area contributed by atoms with Crippen molar-refractivity contribution in [3.63, 3.8) is 0 Å². The summed E-state index contributed by atoms with van der Waals surface area (Å²) in [6.45, 7) is 1.10. The maximum atomic E-state index is 12.8. The first kappa shape index (κ1) is 14.4. The minimum absolute atomic E-state index is 0.0579. The van der Waals surface area contributed by atoms with E-state index in [0.717, 1.165) is 12.2 Å². The number of hydrogen-bond donors (Lipinski definition) is 1. The second kappa shape index (κ2) is 5.80. The molecule has 8 heteroatoms. The molecule has 0 radical (unpaired) electrons. The van der Waals surface area contributed by atoms with Crippen molar-refractivity contribution in [3.05, 3.63) is 58.9 Å². The van der Waals surface area contributed by atoms with Crippen molar-refractivity contribution in [2.24, 2.45) is 0 Å². The Morgan fingerprint density at radius 3 is 2.96 bits per heavy atom. The third-order valence-corrected chi connectivity index (χ3v) is 4.06. The van der Waals surface area contributed by atoms with E-state index in [4.69, 9.17) is 4.74 Å². The molecule has 4 rings (SSSR count). The lowest BCUT2D eigenvalue weighted by Crippen LogP contribution is -2.31. The first-order chi connectivity index (χ1) is 11.7. The van der Waals surface area contributed by atoms with E-state index >= 15 is 0 Å². The highest BCUT2D eigenvalue weighted by Crippen LogP contribution is 2.20. The van der Waals surface area contributed by atoms with Crippen molar-refractivity contribution in [2.75, 3.05) is 13.1 Å². The van der Waals surface area contributed by atoms with Gasteiger partial charge in [-0.05, 0) is 24.3 Å². The number of carbonyl (C=O) groups excluding carboxylic acids is 1. The molecule has 4 heterocycles. The second-order valence-electron chi connectivity index (χ2n) is 5.61. The van der Waals surface area contributed by atoms with Crippen LogP contribution in [0.2, 0.25) is 0 Å². The van der Waals surface area contributed by atoms with Crippen molar-refractivity contribution >= 4 is 11.6 Å². The summed E-state index contributed by atoms with van der Waals surface area (Å²) in [7, 11) is 0. The number of aromatic amines is 1. The summed E-state index contributed by atoms with van der Waals surface area (Å²) in [5.41, 5.74) is 0.381. The van der Waals surface area contributed by atoms with Crippen LogP contribution in [-0.4, -0.2) is 49.6 Å². The van der Waals surface area contributed by atoms with Crippen LogP contribution < -0.4 is 10.4 Å². The third kappa shape index (κ3) is 2.51. The number of ether oxygens (including phenoxy) is 1. The Morgan fingerprint density at radius 1 is 1.29 bits per heavy atom. The molecule has 3 aromatic heterocycles. The number of aromatic nitrogens is 4. The molecule has 0 aliphatic carbocycles. The molecule has 1 aliphatic rings. The zero-order valence-electron chi connectivity index (χ0n) is 12.8. The summed E-state index contributed by atoms with van der Waals surface area (Å²) in [5, 5.41) is 6.30. The maximum Gasteiger partial charge on any atom is 0.347 e. The van der Waals surface area contributed by atoms with Gasteiger partial charge in [-0.3, -0.25) is 9.78 Å². The molecule has 3 aromatic rings. The third-order valence-electron chi connectivity index (χ3n) is 4.06. The summed E-state index contributed by atoms with van der Waals surface area (Å²) in [5.74, 6) is 0.589. The van der Waals surface area contributed by atoms with E-state index in [1.165, 1.54) is 4.40 Å². The van der Waals surface area contributed by atoms with Crippen LogP contribution in [0.4, 0.5) is 0 Å². The highest BCUT2D eigenvalue weighted by molar-refractivity contribution is 5.99. The predicted octanol–water partition coefficient (Wildman–Crippen LogP) is 0.711. The van der Waals surface area contributed by atoms with Gasteiger partial charge in [0.15, 0.2) is 5.65 Å². The fourth-order valence-corrected chi connectivity index (χ4v) is 2.89. The number of rotatable bonds is 3. The van der Waals surface area contributed by atoms with E-state index in [0.29, 0.717) is 24.3 Å². The molecule has 0 aromatic carbocycles. The Kier molecular flexibility index (Phi) is 3.49. The standard InChI is InChI=1S/C16H15N5O3/c22-15(13-2-1-8-21-14(13)18-19-16(21)23)20-9-5-12(10-20)24-11-3-6-17-7-4-11/h1-4,6-8,12H,5,9-10H2,(H,19,23)/t12-/m1/s1. The van der Waals surface area contributed by atoms with Crippen LogP contribution >= 0.6 is 0 Å². The van der Waals surface area contributed by atoms with Gasteiger partial charge in [-0.1, -0.05) is 0 Å². The molecule has 1 N–H and O–H groups in total. The smallest absolute Gasteiger partial charge is 0.347 e. The van der Waals surface area contributed by atoms with E-state index in [2.05, 4.69) is 15.2 Å². The van der Waals surface area contributed by atoms with Gasteiger partial charge < -0.3 is 9.64 Å². The molecule has 24 heavy (non-hydrogen) atoms. The average molecular weight is 325 g/mol. The van der Waals surface area contributed by atoms with Gasteiger partial charge in [-0.25, -0.2) is 14.3 Å². The molecule has 122 valence electrons. The number of pyridine rings is 2. The second-order valence-corrected chi connectivity index (χ2v) is 5.61. The van der Waals surface area contributed by atoms with Gasteiger partial charge >= 0.3 is 5.69 Å². The molecule has 0 bridgehead atoms. The highest BCUT2D eigenvalue weighted by Gasteiger charge is 2.29. The molecule has 0 spiro atoms. The zero-order chi connectivity index (χ0) is 16.5. The fourth-order valence-electron chi connectivity index (χ4n) is 2.89. The summed E-state index contributed by atoms with van der Waals surface area (Å²) in [6.07, 6.45) is 5.62. The first-order valence-corrected chi connectivity index (χ1v) is 7.64. The van der Waals surface area contributed by atoms with Gasteiger partial charge in [-0.2, -0.15) is 5.10 Å². The zero-order valence-corrected chi connectivity index (χ0v) is 12.8. The lowest BCUT2D eigenvalue weighted by Gasteiger charge is -2.17. The van der Waals surface area contributed by atoms with Crippen LogP contribution in [0.15, 0.2) is 47.7 Å². The molecular formula is C16H15N5O3. The Bertz CT molecular complexity index is 934. The first-order valence-electron chi connectivity index (χ1n) is 7.64. The van der Waals surface area contributed by atoms with Gasteiger partial charge in [0.2, 0.25) is 0 Å². The van der Waals surface area contributed by atoms with Crippen molar-refractivity contribution in [2.45, 2.75) is 12.5 Å². The topological polar surface area (TPSA) is 92.6 Å². The number of nitrogens with one attached hydrogen (secondary N) is 1. The number of likely N-dealkylation sites (tertiary alicyclic amines) is 1. The van der Waals surface area contributed by atoms with E-state index in [9.17, 15) is 9.59 Å². The van der Waals surface area contributed by atoms with Gasteiger partial charge in [0.25, 0.3) is 5.91 Å². The SMILES string of the molecule is O=C(c1cccn2c(=O)[nH]nc12)N1CC[C@@H](Oc2ccncc2)C1. The molecule has 1 atom stereocenters. The Labute approximate surface area is 136 Å². The van der Waals surface area contributed by atoms with Crippen molar-refractivity contribution in [3.8, 4) is 5.75 Å². The number of carbonyl (C=O) groups is 1. The van der Waals surface area contributed by atoms with Gasteiger partial charge in [0.1, 0.15) is 11.9 Å². The number of hydrogen-bond acceptors (Lipinski definition) is 5. The van der Waals surface area contributed by atoms with Crippen LogP contribution in [0.1, 0.15) is 16.8 Å². The Hall–Kier alpha value is -3.16. The summed E-state index contributed by atoms with van der Waals surface area (Å²) in [6, 6.07) is 6.93. The summed E-state index contributed by atoms with van der Waals surface area (Å²) in [4.78, 5) is 30.1. The fraction of sp³-hybridized carbons (Fsp3) is 0.250. The minimum Gasteiger partial charge on any atom is -0.488 e. The molecule has 0 unspecified atom stereocenters. The van der Waals surface area contributed by atoms with Crippen LogP contribution in [0, 0.1) is 0 Å². The quantitative estimate of drug-likeness (QED) is 0.765. The normalized spacial score (nSPS) is 17.3. The summed E-state index contributed by atoms with van der Waals surface area (Å²) >= 11 is 0. The molecule has 1 fully saturated rings. The Balaban J connectivity index is 1.52. The van der Waals surface area contributed by atoms with E-state index in [1.54, 1.807) is 47.8 Å². The lowest BCUT2D eigenvalue weighted by atomic mass is 10.2. The van der Waals surface area contributed by atoms with Gasteiger partial charge in [0, 0.05) is 31.6 Å². The molecule has 1 aliphatic heterocycles. The van der Waals surface area contributed by atoms with Crippen molar-refractivity contribution < 1.29 is 9.53 Å². The van der Waals surface area contributed by atoms with E-state index in [-0.39, 0.29) is 17.7 Å². The van der Waals surface area contributed by atoms with E-state index < -0.39 is 0 Å². The Morgan fingerprint density at radius 2 is 2.12 bits per heavy atom. The van der Waals surface area contributed by atoms with Crippen LogP contribution in [0.3, 0.4) is 0 Å². The molecule has 1 saturated heterocycles. The average Bonchev–Trinajstić information content (AvgIpc) is 3.22. The summed E-state index contributed by atoms with van der Waals surface area (Å²) < 4.78 is 7.20. The van der Waals surface area contributed by atoms with Gasteiger partial charge in [0.05, 0.1) is 12.1 Å². The largest absolute Gasteiger partial charge is 0.488 e. The molecule has 1 amide bonds. The van der Waals surface area contributed by atoms with Crippen LogP contribution in [0.5, 0.6) is 5.75 Å². The maximum absolute atomic E-state index is 12.8. The van der Waals surface area contributed by atoms with Crippen LogP contribution in [0.25, 0.3) is 5.65 Å². The number of amides is 1. The molecule has 8 nitrogen and oxygen atoms in total. The minimum atomic E-state index is -0.361. The van der Waals surface area contributed by atoms with E-state index in [1.807, 2.05) is 0 Å². The van der Waals surface area contributed by atoms with Crippen LogP contribution in [-0.2, 0) is 0 Å². The number of nitrogens with zero attached hydrogens (tertiary/aromatic N) is 4. The van der Waals surface area contributed by atoms with Crippen molar-refractivity contribution in [1.29, 1.82) is 0 Å². The van der Waals surface area contributed by atoms with Crippen molar-refractivity contribution in [1.82, 2.24) is 24.5 Å². The highest BCUT2D eigenvalue weighted by atomic mass is 16.5. The monoisotopic (exact) mass is 325 g/mol. The molecular weight excluding hydrogens is 310 g/mol. The lowest BCUT2D eigenvalue weighted by molar-refractivity contribution is 0.0773. The predicted molar refractivity (Wildman–Crippen MR) is 85.0 cm³/mol.